The Hall–Kier alpha value is -1.88. The minimum atomic E-state index is 0.177. The predicted molar refractivity (Wildman–Crippen MR) is 88.4 cm³/mol. The quantitative estimate of drug-likeness (QED) is 0.790. The molecule has 0 saturated heterocycles. The fourth-order valence-corrected chi connectivity index (χ4v) is 2.37. The van der Waals surface area contributed by atoms with Gasteiger partial charge in [0.15, 0.2) is 5.82 Å². The zero-order valence-corrected chi connectivity index (χ0v) is 14.0. The van der Waals surface area contributed by atoms with E-state index in [0.29, 0.717) is 5.68 Å². The smallest absolute Gasteiger partial charge is 0.315 e. The van der Waals surface area contributed by atoms with E-state index in [0.717, 1.165) is 37.6 Å². The van der Waals surface area contributed by atoms with Gasteiger partial charge in [-0.25, -0.2) is 4.99 Å². The molecule has 5 nitrogen and oxygen atoms in total. The van der Waals surface area contributed by atoms with E-state index in [1.54, 1.807) is 0 Å². The molecule has 0 amide bonds. The number of nitrogens with zero attached hydrogens (tertiary/aromatic N) is 4. The zero-order valence-electron chi connectivity index (χ0n) is 14.0. The summed E-state index contributed by atoms with van der Waals surface area (Å²) in [5.41, 5.74) is 1.65. The largest absolute Gasteiger partial charge is 0.323 e. The lowest BCUT2D eigenvalue weighted by atomic mass is 10.2. The molecule has 0 N–H and O–H groups in total. The molecule has 1 heterocycles. The van der Waals surface area contributed by atoms with Crippen LogP contribution in [0.25, 0.3) is 11.4 Å². The lowest BCUT2D eigenvalue weighted by molar-refractivity contribution is 0.282. The van der Waals surface area contributed by atoms with E-state index in [1.807, 2.05) is 44.2 Å². The van der Waals surface area contributed by atoms with Gasteiger partial charge in [-0.2, -0.15) is 0 Å². The van der Waals surface area contributed by atoms with Crippen LogP contribution in [0, 0.1) is 0 Å². The Bertz CT molecular complexity index is 624. The Morgan fingerprint density at radius 3 is 2.45 bits per heavy atom. The molecule has 0 spiro atoms. The Morgan fingerprint density at radius 1 is 1.18 bits per heavy atom. The minimum absolute atomic E-state index is 0.177. The summed E-state index contributed by atoms with van der Waals surface area (Å²) in [5, 5.41) is 4.24. The molecule has 0 radical (unpaired) electrons. The number of aromatic nitrogens is 2. The van der Waals surface area contributed by atoms with Crippen molar-refractivity contribution in [2.24, 2.45) is 4.99 Å². The number of hydrogen-bond donors (Lipinski definition) is 0. The van der Waals surface area contributed by atoms with E-state index in [9.17, 15) is 0 Å². The van der Waals surface area contributed by atoms with E-state index in [2.05, 4.69) is 33.5 Å². The first-order valence-electron chi connectivity index (χ1n) is 8.03. The first-order valence-corrected chi connectivity index (χ1v) is 8.03. The van der Waals surface area contributed by atoms with Crippen LogP contribution in [-0.2, 0) is 6.54 Å². The third-order valence-corrected chi connectivity index (χ3v) is 3.64. The summed E-state index contributed by atoms with van der Waals surface area (Å²) >= 11 is 0. The first kappa shape index (κ1) is 16.5. The van der Waals surface area contributed by atoms with Crippen molar-refractivity contribution in [2.45, 2.75) is 40.3 Å². The minimum Gasteiger partial charge on any atom is -0.315 e. The second kappa shape index (κ2) is 7.94. The lowest BCUT2D eigenvalue weighted by Crippen LogP contribution is -2.30. The van der Waals surface area contributed by atoms with Gasteiger partial charge >= 0.3 is 5.68 Å². The summed E-state index contributed by atoms with van der Waals surface area (Å²) in [7, 11) is 0. The third kappa shape index (κ3) is 4.07. The predicted octanol–water partition coefficient (Wildman–Crippen LogP) is 2.79. The highest BCUT2D eigenvalue weighted by Crippen LogP contribution is 2.15. The highest BCUT2D eigenvalue weighted by molar-refractivity contribution is 5.54. The fourth-order valence-electron chi connectivity index (χ4n) is 2.37. The van der Waals surface area contributed by atoms with E-state index in [4.69, 9.17) is 4.52 Å². The molecule has 0 fully saturated rings. The van der Waals surface area contributed by atoms with Crippen LogP contribution in [0.5, 0.6) is 0 Å². The number of likely N-dealkylation sites (N-methyl/N-ethyl adjacent to an activating group) is 1. The number of hydrogen-bond acceptors (Lipinski definition) is 4. The summed E-state index contributed by atoms with van der Waals surface area (Å²) in [5.74, 6) is 0.840. The summed E-state index contributed by atoms with van der Waals surface area (Å²) in [6.45, 7) is 12.3. The molecule has 0 saturated carbocycles. The molecule has 1 aromatic heterocycles. The van der Waals surface area contributed by atoms with Gasteiger partial charge in [-0.3, -0.25) is 4.57 Å². The fraction of sp³-hybridized carbons (Fsp3) is 0.529. The summed E-state index contributed by atoms with van der Waals surface area (Å²) in [6.07, 6.45) is 0. The van der Waals surface area contributed by atoms with Crippen molar-refractivity contribution >= 4 is 0 Å². The molecule has 2 rings (SSSR count). The van der Waals surface area contributed by atoms with Crippen LogP contribution in [0.15, 0.2) is 39.8 Å². The monoisotopic (exact) mass is 302 g/mol. The zero-order chi connectivity index (χ0) is 15.9. The van der Waals surface area contributed by atoms with E-state index < -0.39 is 0 Å². The topological polar surface area (TPSA) is 46.6 Å². The molecular weight excluding hydrogens is 276 g/mol. The highest BCUT2D eigenvalue weighted by atomic mass is 16.5. The van der Waals surface area contributed by atoms with Crippen LogP contribution in [0.1, 0.15) is 27.7 Å². The standard InChI is InChI=1S/C17H26N4O/c1-5-20(6-2)12-13-21-16(15-10-8-7-9-11-15)19-22-17(21)18-14(3)4/h7-11,14H,5-6,12-13H2,1-4H3. The Balaban J connectivity index is 2.36. The van der Waals surface area contributed by atoms with E-state index in [1.165, 1.54) is 0 Å². The first-order chi connectivity index (χ1) is 10.7. The van der Waals surface area contributed by atoms with Crippen molar-refractivity contribution in [1.82, 2.24) is 14.6 Å². The van der Waals surface area contributed by atoms with Crippen molar-refractivity contribution in [3.8, 4) is 11.4 Å². The molecule has 0 unspecified atom stereocenters. The van der Waals surface area contributed by atoms with Crippen molar-refractivity contribution < 1.29 is 4.52 Å². The van der Waals surface area contributed by atoms with Crippen molar-refractivity contribution in [3.05, 3.63) is 36.0 Å². The van der Waals surface area contributed by atoms with Crippen molar-refractivity contribution in [2.75, 3.05) is 19.6 Å². The molecule has 1 aromatic carbocycles. The molecule has 22 heavy (non-hydrogen) atoms. The maximum absolute atomic E-state index is 5.49. The summed E-state index contributed by atoms with van der Waals surface area (Å²) in [4.78, 5) is 6.93. The SMILES string of the molecule is CCN(CC)CCn1c(-c2ccccc2)noc1=NC(C)C. The van der Waals surface area contributed by atoms with Gasteiger partial charge in [0, 0.05) is 24.7 Å². The Kier molecular flexibility index (Phi) is 5.95. The molecule has 5 heteroatoms. The van der Waals surface area contributed by atoms with Crippen LogP contribution >= 0.6 is 0 Å². The average molecular weight is 302 g/mol. The highest BCUT2D eigenvalue weighted by Gasteiger charge is 2.12. The van der Waals surface area contributed by atoms with Crippen LogP contribution in [0.3, 0.4) is 0 Å². The summed E-state index contributed by atoms with van der Waals surface area (Å²) in [6, 6.07) is 10.3. The van der Waals surface area contributed by atoms with Crippen LogP contribution in [0.4, 0.5) is 0 Å². The van der Waals surface area contributed by atoms with Crippen molar-refractivity contribution in [3.63, 3.8) is 0 Å². The second-order valence-corrected chi connectivity index (χ2v) is 5.56. The second-order valence-electron chi connectivity index (χ2n) is 5.56. The molecule has 0 aliphatic carbocycles. The van der Waals surface area contributed by atoms with Gasteiger partial charge < -0.3 is 9.42 Å². The van der Waals surface area contributed by atoms with Gasteiger partial charge in [-0.15, -0.1) is 0 Å². The van der Waals surface area contributed by atoms with Gasteiger partial charge in [0.2, 0.25) is 0 Å². The average Bonchev–Trinajstić information content (AvgIpc) is 2.91. The maximum Gasteiger partial charge on any atom is 0.323 e. The third-order valence-electron chi connectivity index (χ3n) is 3.64. The van der Waals surface area contributed by atoms with Crippen LogP contribution < -0.4 is 5.68 Å². The Labute approximate surface area is 132 Å². The van der Waals surface area contributed by atoms with Gasteiger partial charge in [-0.05, 0) is 26.9 Å². The van der Waals surface area contributed by atoms with Crippen LogP contribution in [-0.4, -0.2) is 40.3 Å². The van der Waals surface area contributed by atoms with E-state index >= 15 is 0 Å². The molecule has 0 bridgehead atoms. The number of rotatable bonds is 7. The van der Waals surface area contributed by atoms with Crippen LogP contribution in [0.2, 0.25) is 0 Å². The number of benzene rings is 1. The van der Waals surface area contributed by atoms with Gasteiger partial charge in [0.25, 0.3) is 0 Å². The molecule has 0 aliphatic rings. The molecule has 2 aromatic rings. The molecule has 0 atom stereocenters. The maximum atomic E-state index is 5.49. The Morgan fingerprint density at radius 2 is 1.86 bits per heavy atom. The lowest BCUT2D eigenvalue weighted by Gasteiger charge is -2.18. The van der Waals surface area contributed by atoms with Crippen molar-refractivity contribution in [1.29, 1.82) is 0 Å². The van der Waals surface area contributed by atoms with Gasteiger partial charge in [0.1, 0.15) is 0 Å². The van der Waals surface area contributed by atoms with Gasteiger partial charge in [0.05, 0.1) is 0 Å². The van der Waals surface area contributed by atoms with Gasteiger partial charge in [-0.1, -0.05) is 49.3 Å². The van der Waals surface area contributed by atoms with E-state index in [-0.39, 0.29) is 6.04 Å². The molecular formula is C17H26N4O. The molecule has 0 aliphatic heterocycles. The summed E-state index contributed by atoms with van der Waals surface area (Å²) < 4.78 is 7.57. The molecule has 120 valence electrons. The normalized spacial score (nSPS) is 12.5.